The highest BCUT2D eigenvalue weighted by Crippen LogP contribution is 2.35. The lowest BCUT2D eigenvalue weighted by atomic mass is 10.1. The van der Waals surface area contributed by atoms with Crippen LogP contribution in [0.25, 0.3) is 16.7 Å². The van der Waals surface area contributed by atoms with Crippen molar-refractivity contribution in [2.24, 2.45) is 0 Å². The molecule has 49 heavy (non-hydrogen) atoms. The fraction of sp³-hybridized carbons (Fsp3) is 0.312. The Labute approximate surface area is 280 Å². The number of ether oxygens (including phenoxy) is 1. The third-order valence-corrected chi connectivity index (χ3v) is 7.68. The summed E-state index contributed by atoms with van der Waals surface area (Å²) in [6.07, 6.45) is -1.60. The second-order valence-electron chi connectivity index (χ2n) is 11.4. The molecule has 1 amide bonds. The SMILES string of the molecule is C=CC(=O)Nc1cc(-n2c(=O)cc(C)c3cnc(Nc4ccc(N5CCN(C)C(C)C5)cc4OC)nc32)cc(C(F)(F)F)c1.CS(=O)(=O)O. The molecule has 3 N–H and O–H groups in total. The van der Waals surface area contributed by atoms with Crippen LogP contribution in [0.2, 0.25) is 0 Å². The third kappa shape index (κ3) is 9.33. The number of carbonyl (C=O) groups is 1. The summed E-state index contributed by atoms with van der Waals surface area (Å²) in [7, 11) is -0.0115. The minimum atomic E-state index is -4.75. The van der Waals surface area contributed by atoms with Gasteiger partial charge < -0.3 is 25.2 Å². The molecular formula is C32H36F3N7O6S. The molecule has 1 aliphatic rings. The number of rotatable bonds is 7. The highest BCUT2D eigenvalue weighted by Gasteiger charge is 2.32. The van der Waals surface area contributed by atoms with Gasteiger partial charge in [0.05, 0.1) is 30.3 Å². The van der Waals surface area contributed by atoms with Crippen molar-refractivity contribution in [3.05, 3.63) is 82.8 Å². The minimum absolute atomic E-state index is 0.0785. The lowest BCUT2D eigenvalue weighted by molar-refractivity contribution is -0.137. The topological polar surface area (TPSA) is 159 Å². The second kappa shape index (κ2) is 14.6. The number of nitrogens with zero attached hydrogens (tertiary/aromatic N) is 5. The highest BCUT2D eigenvalue weighted by atomic mass is 32.2. The lowest BCUT2D eigenvalue weighted by Gasteiger charge is -2.39. The van der Waals surface area contributed by atoms with Gasteiger partial charge in [0.25, 0.3) is 15.7 Å². The first kappa shape index (κ1) is 36.8. The molecule has 13 nitrogen and oxygen atoms in total. The van der Waals surface area contributed by atoms with Crippen LogP contribution in [0.15, 0.2) is 66.1 Å². The molecule has 17 heteroatoms. The number of hydrogen-bond acceptors (Lipinski definition) is 10. The molecule has 1 atom stereocenters. The van der Waals surface area contributed by atoms with Gasteiger partial charge in [-0.05, 0) is 62.9 Å². The van der Waals surface area contributed by atoms with Crippen molar-refractivity contribution < 1.29 is 35.7 Å². The molecule has 0 bridgehead atoms. The van der Waals surface area contributed by atoms with Gasteiger partial charge in [0.1, 0.15) is 5.75 Å². The van der Waals surface area contributed by atoms with Gasteiger partial charge in [-0.3, -0.25) is 18.7 Å². The maximum atomic E-state index is 13.8. The number of benzene rings is 2. The number of hydrogen-bond donors (Lipinski definition) is 3. The van der Waals surface area contributed by atoms with E-state index in [0.29, 0.717) is 34.7 Å². The summed E-state index contributed by atoms with van der Waals surface area (Å²) in [5, 5.41) is 5.92. The number of methoxy groups -OCH3 is 1. The van der Waals surface area contributed by atoms with Gasteiger partial charge in [-0.2, -0.15) is 26.6 Å². The summed E-state index contributed by atoms with van der Waals surface area (Å²) in [6.45, 7) is 9.87. The molecule has 3 heterocycles. The van der Waals surface area contributed by atoms with Crippen LogP contribution in [0.3, 0.4) is 0 Å². The van der Waals surface area contributed by atoms with Crippen molar-refractivity contribution in [2.45, 2.75) is 26.1 Å². The summed E-state index contributed by atoms with van der Waals surface area (Å²) in [6, 6.07) is 10.3. The molecular weight excluding hydrogens is 667 g/mol. The van der Waals surface area contributed by atoms with E-state index in [0.717, 1.165) is 48.1 Å². The number of carbonyl (C=O) groups excluding carboxylic acids is 1. The Kier molecular flexibility index (Phi) is 11.0. The monoisotopic (exact) mass is 703 g/mol. The van der Waals surface area contributed by atoms with Crippen molar-refractivity contribution in [3.8, 4) is 11.4 Å². The molecule has 0 spiro atoms. The predicted molar refractivity (Wildman–Crippen MR) is 182 cm³/mol. The van der Waals surface area contributed by atoms with Gasteiger partial charge in [-0.25, -0.2) is 4.98 Å². The minimum Gasteiger partial charge on any atom is -0.494 e. The van der Waals surface area contributed by atoms with Crippen LogP contribution in [-0.4, -0.2) is 84.4 Å². The summed E-state index contributed by atoms with van der Waals surface area (Å²) >= 11 is 0. The second-order valence-corrected chi connectivity index (χ2v) is 12.9. The van der Waals surface area contributed by atoms with Crippen molar-refractivity contribution in [2.75, 3.05) is 55.6 Å². The van der Waals surface area contributed by atoms with Crippen molar-refractivity contribution in [1.82, 2.24) is 19.4 Å². The van der Waals surface area contributed by atoms with Crippen LogP contribution in [0.4, 0.5) is 36.2 Å². The molecule has 0 radical (unpaired) electrons. The standard InChI is InChI=1S/C31H32F3N7O3.CH4O3S/c1-6-27(42)36-21-12-20(31(32,33)34)13-23(14-21)41-28(43)11-18(2)24-16-35-30(38-29(24)41)37-25-8-7-22(15-26(25)44-5)40-10-9-39(4)19(3)17-40;1-5(2,3)4/h6-8,11-16,19H,1,9-10,17H2,2-5H3,(H,36,42)(H,35,37,38);1H3,(H,2,3,4). The number of anilines is 4. The van der Waals surface area contributed by atoms with E-state index in [-0.39, 0.29) is 23.0 Å². The Morgan fingerprint density at radius 1 is 1.14 bits per heavy atom. The van der Waals surface area contributed by atoms with E-state index in [1.807, 2.05) is 18.2 Å². The molecule has 2 aromatic carbocycles. The molecule has 1 saturated heterocycles. The number of aromatic nitrogens is 3. The number of likely N-dealkylation sites (N-methyl/N-ethyl adjacent to an activating group) is 1. The van der Waals surface area contributed by atoms with Crippen molar-refractivity contribution >= 4 is 50.1 Å². The number of piperazine rings is 1. The van der Waals surface area contributed by atoms with Gasteiger partial charge >= 0.3 is 6.18 Å². The first-order chi connectivity index (χ1) is 22.9. The maximum absolute atomic E-state index is 13.8. The van der Waals surface area contributed by atoms with Crippen molar-refractivity contribution in [3.63, 3.8) is 0 Å². The summed E-state index contributed by atoms with van der Waals surface area (Å²) in [4.78, 5) is 38.7. The van der Waals surface area contributed by atoms with Gasteiger partial charge in [0, 0.05) is 60.8 Å². The predicted octanol–water partition coefficient (Wildman–Crippen LogP) is 4.63. The molecule has 0 saturated carbocycles. The van der Waals surface area contributed by atoms with Crippen LogP contribution in [0.1, 0.15) is 18.1 Å². The molecule has 1 unspecified atom stereocenters. The van der Waals surface area contributed by atoms with E-state index in [2.05, 4.69) is 51.0 Å². The average Bonchev–Trinajstić information content (AvgIpc) is 3.01. The third-order valence-electron chi connectivity index (χ3n) is 7.68. The van der Waals surface area contributed by atoms with E-state index in [1.165, 1.54) is 18.3 Å². The lowest BCUT2D eigenvalue weighted by Crippen LogP contribution is -2.50. The zero-order valence-electron chi connectivity index (χ0n) is 27.4. The number of halogens is 3. The molecule has 5 rings (SSSR count). The number of aryl methyl sites for hydroxylation is 1. The van der Waals surface area contributed by atoms with Crippen LogP contribution in [0.5, 0.6) is 5.75 Å². The van der Waals surface area contributed by atoms with Crippen LogP contribution < -0.4 is 25.8 Å². The molecule has 1 fully saturated rings. The summed E-state index contributed by atoms with van der Waals surface area (Å²) < 4.78 is 74.1. The molecule has 0 aliphatic carbocycles. The molecule has 4 aromatic rings. The maximum Gasteiger partial charge on any atom is 0.416 e. The first-order valence-corrected chi connectivity index (χ1v) is 16.6. The number of amides is 1. The van der Waals surface area contributed by atoms with E-state index >= 15 is 0 Å². The van der Waals surface area contributed by atoms with E-state index in [1.54, 1.807) is 14.0 Å². The molecule has 2 aromatic heterocycles. The quantitative estimate of drug-likeness (QED) is 0.182. The van der Waals surface area contributed by atoms with Gasteiger partial charge in [-0.1, -0.05) is 6.58 Å². The van der Waals surface area contributed by atoms with Crippen LogP contribution >= 0.6 is 0 Å². The fourth-order valence-electron chi connectivity index (χ4n) is 5.12. The van der Waals surface area contributed by atoms with E-state index in [9.17, 15) is 31.2 Å². The number of nitrogens with one attached hydrogen (secondary N) is 2. The first-order valence-electron chi connectivity index (χ1n) is 14.8. The van der Waals surface area contributed by atoms with E-state index in [4.69, 9.17) is 9.29 Å². The zero-order valence-corrected chi connectivity index (χ0v) is 28.2. The zero-order chi connectivity index (χ0) is 36.3. The molecule has 262 valence electrons. The van der Waals surface area contributed by atoms with Crippen LogP contribution in [-0.2, 0) is 21.1 Å². The average molecular weight is 704 g/mol. The Morgan fingerprint density at radius 3 is 2.45 bits per heavy atom. The summed E-state index contributed by atoms with van der Waals surface area (Å²) in [5.74, 6) is -0.0603. The number of fused-ring (bicyclic) bond motifs is 1. The Morgan fingerprint density at radius 2 is 1.84 bits per heavy atom. The van der Waals surface area contributed by atoms with E-state index < -0.39 is 33.3 Å². The van der Waals surface area contributed by atoms with Crippen molar-refractivity contribution in [1.29, 1.82) is 0 Å². The Hall–Kier alpha value is -5.00. The number of alkyl halides is 3. The highest BCUT2D eigenvalue weighted by molar-refractivity contribution is 7.85. The fourth-order valence-corrected chi connectivity index (χ4v) is 5.12. The normalized spacial score (nSPS) is 15.3. The molecule has 1 aliphatic heterocycles. The van der Waals surface area contributed by atoms with Crippen LogP contribution in [0, 0.1) is 6.92 Å². The Bertz CT molecular complexity index is 2050. The number of pyridine rings is 1. The smallest absolute Gasteiger partial charge is 0.416 e. The van der Waals surface area contributed by atoms with Gasteiger partial charge in [-0.15, -0.1) is 0 Å². The largest absolute Gasteiger partial charge is 0.494 e. The van der Waals surface area contributed by atoms with Gasteiger partial charge in [0.15, 0.2) is 5.65 Å². The Balaban J connectivity index is 0.00000101. The van der Waals surface area contributed by atoms with Gasteiger partial charge in [0.2, 0.25) is 11.9 Å². The summed E-state index contributed by atoms with van der Waals surface area (Å²) in [5.41, 5.74) is 0.228.